The molecule has 0 saturated heterocycles. The summed E-state index contributed by atoms with van der Waals surface area (Å²) in [6, 6.07) is 6.91. The number of benzene rings is 1. The molecule has 0 bridgehead atoms. The lowest BCUT2D eigenvalue weighted by Gasteiger charge is -2.41. The van der Waals surface area contributed by atoms with Crippen molar-refractivity contribution in [3.63, 3.8) is 0 Å². The molecule has 0 aromatic heterocycles. The van der Waals surface area contributed by atoms with Crippen LogP contribution >= 0.6 is 0 Å². The van der Waals surface area contributed by atoms with Crippen molar-refractivity contribution in [2.24, 2.45) is 17.3 Å². The predicted molar refractivity (Wildman–Crippen MR) is 106 cm³/mol. The maximum Gasteiger partial charge on any atom is 0.335 e. The molecule has 2 heteroatoms. The first-order valence-electron chi connectivity index (χ1n) is 9.16. The SMILES string of the molecule is CC(C=CC1C(C)CCCC1(C)C)=CC=Cc1ccc(C(=O)O)cc1. The second kappa shape index (κ2) is 8.33. The van der Waals surface area contributed by atoms with Gasteiger partial charge in [0.05, 0.1) is 5.56 Å². The standard InChI is InChI=1S/C23H30O2/c1-17(10-15-21-18(2)8-6-16-23(21,3)4)7-5-9-19-11-13-20(14-12-19)22(24)25/h5,7,9-15,18,21H,6,8,16H2,1-4H3,(H,24,25). The Bertz CT molecular complexity index is 675. The third kappa shape index (κ3) is 5.45. The highest BCUT2D eigenvalue weighted by atomic mass is 16.4. The number of allylic oxidation sites excluding steroid dienone is 5. The summed E-state index contributed by atoms with van der Waals surface area (Å²) in [5.74, 6) is 0.490. The summed E-state index contributed by atoms with van der Waals surface area (Å²) in [5.41, 5.74) is 2.93. The summed E-state index contributed by atoms with van der Waals surface area (Å²) in [4.78, 5) is 10.9. The van der Waals surface area contributed by atoms with Crippen LogP contribution in [0.1, 0.15) is 62.9 Å². The quantitative estimate of drug-likeness (QED) is 0.634. The Labute approximate surface area is 152 Å². The topological polar surface area (TPSA) is 37.3 Å². The van der Waals surface area contributed by atoms with Crippen LogP contribution in [0.5, 0.6) is 0 Å². The Balaban J connectivity index is 1.99. The smallest absolute Gasteiger partial charge is 0.335 e. The van der Waals surface area contributed by atoms with Gasteiger partial charge in [-0.2, -0.15) is 0 Å². The minimum absolute atomic E-state index is 0.316. The molecule has 1 aromatic carbocycles. The van der Waals surface area contributed by atoms with Crippen molar-refractivity contribution in [1.29, 1.82) is 0 Å². The van der Waals surface area contributed by atoms with E-state index in [1.165, 1.54) is 24.8 Å². The number of hydrogen-bond donors (Lipinski definition) is 1. The molecule has 1 aromatic rings. The first-order chi connectivity index (χ1) is 11.8. The van der Waals surface area contributed by atoms with Crippen LogP contribution < -0.4 is 0 Å². The lowest BCUT2D eigenvalue weighted by molar-refractivity contribution is 0.0697. The van der Waals surface area contributed by atoms with Gasteiger partial charge >= 0.3 is 5.97 Å². The number of carbonyl (C=O) groups is 1. The van der Waals surface area contributed by atoms with Gasteiger partial charge in [0.15, 0.2) is 0 Å². The normalized spacial score (nSPS) is 24.1. The van der Waals surface area contributed by atoms with Crippen molar-refractivity contribution in [3.05, 3.63) is 65.3 Å². The molecule has 1 N–H and O–H groups in total. The molecule has 0 radical (unpaired) electrons. The summed E-state index contributed by atoms with van der Waals surface area (Å²) in [6.45, 7) is 9.26. The van der Waals surface area contributed by atoms with E-state index >= 15 is 0 Å². The Hall–Kier alpha value is -2.09. The average molecular weight is 338 g/mol. The van der Waals surface area contributed by atoms with Crippen LogP contribution in [0.2, 0.25) is 0 Å². The van der Waals surface area contributed by atoms with E-state index < -0.39 is 5.97 Å². The van der Waals surface area contributed by atoms with E-state index in [4.69, 9.17) is 5.11 Å². The predicted octanol–water partition coefficient (Wildman–Crippen LogP) is 6.36. The van der Waals surface area contributed by atoms with E-state index in [0.717, 1.165) is 11.5 Å². The molecule has 0 heterocycles. The highest BCUT2D eigenvalue weighted by Gasteiger charge is 2.34. The van der Waals surface area contributed by atoms with Crippen molar-refractivity contribution < 1.29 is 9.90 Å². The van der Waals surface area contributed by atoms with Crippen molar-refractivity contribution in [3.8, 4) is 0 Å². The summed E-state index contributed by atoms with van der Waals surface area (Å²) >= 11 is 0. The van der Waals surface area contributed by atoms with E-state index in [0.29, 0.717) is 16.9 Å². The van der Waals surface area contributed by atoms with Crippen LogP contribution in [0.4, 0.5) is 0 Å². The van der Waals surface area contributed by atoms with E-state index in [9.17, 15) is 4.79 Å². The van der Waals surface area contributed by atoms with E-state index in [1.807, 2.05) is 24.3 Å². The molecular weight excluding hydrogens is 308 g/mol. The van der Waals surface area contributed by atoms with Crippen LogP contribution in [0.25, 0.3) is 6.08 Å². The zero-order chi connectivity index (χ0) is 18.4. The van der Waals surface area contributed by atoms with E-state index in [2.05, 4.69) is 45.9 Å². The Morgan fingerprint density at radius 1 is 1.24 bits per heavy atom. The first kappa shape index (κ1) is 19.2. The highest BCUT2D eigenvalue weighted by Crippen LogP contribution is 2.44. The molecule has 2 unspecified atom stereocenters. The van der Waals surface area contributed by atoms with Crippen molar-refractivity contribution in [2.45, 2.75) is 47.0 Å². The third-order valence-electron chi connectivity index (χ3n) is 5.37. The minimum atomic E-state index is -0.892. The summed E-state index contributed by atoms with van der Waals surface area (Å²) in [6.07, 6.45) is 14.7. The molecule has 25 heavy (non-hydrogen) atoms. The van der Waals surface area contributed by atoms with Crippen LogP contribution in [0.3, 0.4) is 0 Å². The van der Waals surface area contributed by atoms with Gasteiger partial charge in [-0.15, -0.1) is 0 Å². The molecule has 0 spiro atoms. The first-order valence-corrected chi connectivity index (χ1v) is 9.16. The zero-order valence-electron chi connectivity index (χ0n) is 15.8. The highest BCUT2D eigenvalue weighted by molar-refractivity contribution is 5.87. The fraction of sp³-hybridized carbons (Fsp3) is 0.435. The Kier molecular flexibility index (Phi) is 6.41. The molecule has 134 valence electrons. The second-order valence-corrected chi connectivity index (χ2v) is 7.94. The molecule has 1 aliphatic carbocycles. The molecule has 2 atom stereocenters. The second-order valence-electron chi connectivity index (χ2n) is 7.94. The van der Waals surface area contributed by atoms with Gasteiger partial charge < -0.3 is 5.11 Å². The summed E-state index contributed by atoms with van der Waals surface area (Å²) < 4.78 is 0. The van der Waals surface area contributed by atoms with Crippen LogP contribution in [-0.4, -0.2) is 11.1 Å². The Morgan fingerprint density at radius 2 is 1.92 bits per heavy atom. The maximum absolute atomic E-state index is 10.9. The lowest BCUT2D eigenvalue weighted by Crippen LogP contribution is -2.32. The van der Waals surface area contributed by atoms with E-state index in [-0.39, 0.29) is 0 Å². The fourth-order valence-corrected chi connectivity index (χ4v) is 3.81. The van der Waals surface area contributed by atoms with Gasteiger partial charge in [0, 0.05) is 0 Å². The van der Waals surface area contributed by atoms with Crippen LogP contribution in [-0.2, 0) is 0 Å². The minimum Gasteiger partial charge on any atom is -0.478 e. The largest absolute Gasteiger partial charge is 0.478 e. The number of hydrogen-bond acceptors (Lipinski definition) is 1. The number of rotatable bonds is 5. The molecule has 0 aliphatic heterocycles. The molecule has 1 fully saturated rings. The lowest BCUT2D eigenvalue weighted by atomic mass is 9.64. The molecule has 2 rings (SSSR count). The molecular formula is C23H30O2. The summed E-state index contributed by atoms with van der Waals surface area (Å²) in [5, 5.41) is 8.91. The van der Waals surface area contributed by atoms with Gasteiger partial charge in [0.25, 0.3) is 0 Å². The molecule has 0 amide bonds. The van der Waals surface area contributed by atoms with Gasteiger partial charge in [0.1, 0.15) is 0 Å². The van der Waals surface area contributed by atoms with Crippen LogP contribution in [0.15, 0.2) is 54.1 Å². The van der Waals surface area contributed by atoms with Crippen molar-refractivity contribution >= 4 is 12.0 Å². The van der Waals surface area contributed by atoms with Crippen molar-refractivity contribution in [1.82, 2.24) is 0 Å². The van der Waals surface area contributed by atoms with Gasteiger partial charge in [0.2, 0.25) is 0 Å². The van der Waals surface area contributed by atoms with Crippen molar-refractivity contribution in [2.75, 3.05) is 0 Å². The van der Waals surface area contributed by atoms with Crippen LogP contribution in [0, 0.1) is 17.3 Å². The molecule has 1 saturated carbocycles. The number of carboxylic acids is 1. The van der Waals surface area contributed by atoms with E-state index in [1.54, 1.807) is 12.1 Å². The third-order valence-corrected chi connectivity index (χ3v) is 5.37. The van der Waals surface area contributed by atoms with Gasteiger partial charge in [-0.05, 0) is 48.3 Å². The maximum atomic E-state index is 10.9. The van der Waals surface area contributed by atoms with Gasteiger partial charge in [-0.1, -0.05) is 81.7 Å². The monoisotopic (exact) mass is 338 g/mol. The average Bonchev–Trinajstić information content (AvgIpc) is 2.54. The molecule has 2 nitrogen and oxygen atoms in total. The fourth-order valence-electron chi connectivity index (χ4n) is 3.81. The molecule has 1 aliphatic rings. The number of aromatic carboxylic acids is 1. The Morgan fingerprint density at radius 3 is 2.52 bits per heavy atom. The van der Waals surface area contributed by atoms with Gasteiger partial charge in [-0.25, -0.2) is 4.79 Å². The zero-order valence-corrected chi connectivity index (χ0v) is 15.8. The summed E-state index contributed by atoms with van der Waals surface area (Å²) in [7, 11) is 0. The van der Waals surface area contributed by atoms with Gasteiger partial charge in [-0.3, -0.25) is 0 Å². The number of carboxylic acid groups (broad SMARTS) is 1.